The van der Waals surface area contributed by atoms with Gasteiger partial charge in [-0.1, -0.05) is 34.1 Å². The van der Waals surface area contributed by atoms with Gasteiger partial charge in [0.25, 0.3) is 5.91 Å². The Morgan fingerprint density at radius 2 is 1.96 bits per heavy atom. The molecule has 0 unspecified atom stereocenters. The molecular formula is C17H12BrF2NO2. The number of likely N-dealkylation sites (N-methyl/N-ethyl adjacent to an activating group) is 1. The van der Waals surface area contributed by atoms with E-state index in [9.17, 15) is 13.6 Å². The summed E-state index contributed by atoms with van der Waals surface area (Å²) in [5, 5.41) is 0. The molecule has 0 bridgehead atoms. The lowest BCUT2D eigenvalue weighted by Gasteiger charge is -2.09. The van der Waals surface area contributed by atoms with Gasteiger partial charge in [-0.05, 0) is 30.3 Å². The minimum Gasteiger partial charge on any atom is -0.434 e. The number of carbonyl (C=O) groups is 1. The van der Waals surface area contributed by atoms with Crippen molar-refractivity contribution in [1.29, 1.82) is 0 Å². The van der Waals surface area contributed by atoms with Crippen molar-refractivity contribution in [2.45, 2.75) is 6.61 Å². The molecule has 3 nitrogen and oxygen atoms in total. The molecule has 6 heteroatoms. The number of rotatable bonds is 3. The van der Waals surface area contributed by atoms with Gasteiger partial charge < -0.3 is 9.64 Å². The number of nitrogens with zero attached hydrogens (tertiary/aromatic N) is 1. The minimum absolute atomic E-state index is 0.0360. The summed E-state index contributed by atoms with van der Waals surface area (Å²) < 4.78 is 30.4. The first-order chi connectivity index (χ1) is 11.0. The molecule has 0 saturated carbocycles. The van der Waals surface area contributed by atoms with Gasteiger partial charge in [-0.25, -0.2) is 0 Å². The first-order valence-corrected chi connectivity index (χ1v) is 7.60. The topological polar surface area (TPSA) is 29.5 Å². The van der Waals surface area contributed by atoms with Crippen LogP contribution in [0.4, 0.5) is 14.5 Å². The lowest BCUT2D eigenvalue weighted by Crippen LogP contribution is -2.20. The number of anilines is 1. The number of alkyl halides is 2. The van der Waals surface area contributed by atoms with E-state index in [4.69, 9.17) is 0 Å². The molecule has 1 aliphatic rings. The molecule has 3 rings (SSSR count). The van der Waals surface area contributed by atoms with Crippen LogP contribution in [0.5, 0.6) is 5.75 Å². The lowest BCUT2D eigenvalue weighted by molar-refractivity contribution is -0.112. The molecule has 0 radical (unpaired) electrons. The van der Waals surface area contributed by atoms with Crippen LogP contribution in [0.25, 0.3) is 11.6 Å². The summed E-state index contributed by atoms with van der Waals surface area (Å²) in [6.07, 6.45) is 1.58. The Morgan fingerprint density at radius 3 is 2.70 bits per heavy atom. The monoisotopic (exact) mass is 379 g/mol. The maximum absolute atomic E-state index is 12.5. The van der Waals surface area contributed by atoms with Gasteiger partial charge in [0.05, 0.1) is 5.69 Å². The van der Waals surface area contributed by atoms with Gasteiger partial charge in [0.15, 0.2) is 0 Å². The number of amides is 1. The fraction of sp³-hybridized carbons (Fsp3) is 0.118. The van der Waals surface area contributed by atoms with Crippen LogP contribution in [0, 0.1) is 0 Å². The largest absolute Gasteiger partial charge is 0.434 e. The van der Waals surface area contributed by atoms with Crippen molar-refractivity contribution < 1.29 is 18.3 Å². The highest BCUT2D eigenvalue weighted by molar-refractivity contribution is 9.10. The fourth-order valence-electron chi connectivity index (χ4n) is 2.52. The van der Waals surface area contributed by atoms with Gasteiger partial charge in [0.1, 0.15) is 5.75 Å². The van der Waals surface area contributed by atoms with Crippen molar-refractivity contribution in [2.24, 2.45) is 0 Å². The van der Waals surface area contributed by atoms with Crippen LogP contribution in [-0.4, -0.2) is 19.6 Å². The maximum Gasteiger partial charge on any atom is 0.387 e. The average Bonchev–Trinajstić information content (AvgIpc) is 2.73. The van der Waals surface area contributed by atoms with E-state index in [1.54, 1.807) is 31.3 Å². The van der Waals surface area contributed by atoms with Crippen LogP contribution in [0.15, 0.2) is 46.9 Å². The van der Waals surface area contributed by atoms with Crippen LogP contribution in [0.2, 0.25) is 0 Å². The molecular weight excluding hydrogens is 368 g/mol. The third kappa shape index (κ3) is 2.99. The number of para-hydroxylation sites is 1. The van der Waals surface area contributed by atoms with E-state index in [1.165, 1.54) is 11.0 Å². The van der Waals surface area contributed by atoms with Crippen molar-refractivity contribution in [3.63, 3.8) is 0 Å². The van der Waals surface area contributed by atoms with Gasteiger partial charge >= 0.3 is 6.61 Å². The zero-order chi connectivity index (χ0) is 16.6. The standard InChI is InChI=1S/C17H12BrF2NO2/c1-21-14-7-6-11(18)9-12(14)13(16(21)22)8-10-4-2-3-5-15(10)23-17(19)20/h2-9,17H,1H3/b13-8-. The molecule has 2 aromatic carbocycles. The predicted molar refractivity (Wildman–Crippen MR) is 88.5 cm³/mol. The SMILES string of the molecule is CN1C(=O)/C(=C\c2ccccc2OC(F)F)c2cc(Br)ccc21. The number of benzene rings is 2. The molecule has 0 fully saturated rings. The Labute approximate surface area is 140 Å². The van der Waals surface area contributed by atoms with E-state index in [0.29, 0.717) is 11.1 Å². The van der Waals surface area contributed by atoms with Crippen LogP contribution in [0.1, 0.15) is 11.1 Å². The van der Waals surface area contributed by atoms with Crippen LogP contribution in [-0.2, 0) is 4.79 Å². The predicted octanol–water partition coefficient (Wildman–Crippen LogP) is 4.57. The maximum atomic E-state index is 12.5. The normalized spacial score (nSPS) is 15.4. The molecule has 0 saturated heterocycles. The number of halogens is 3. The molecule has 118 valence electrons. The fourth-order valence-corrected chi connectivity index (χ4v) is 2.88. The molecule has 0 spiro atoms. The Bertz CT molecular complexity index is 805. The second kappa shape index (κ2) is 6.12. The molecule has 23 heavy (non-hydrogen) atoms. The highest BCUT2D eigenvalue weighted by Crippen LogP contribution is 2.39. The number of hydrogen-bond acceptors (Lipinski definition) is 2. The molecule has 1 heterocycles. The van der Waals surface area contributed by atoms with E-state index >= 15 is 0 Å². The van der Waals surface area contributed by atoms with Gasteiger partial charge in [-0.15, -0.1) is 0 Å². The molecule has 0 aromatic heterocycles. The third-order valence-corrected chi connectivity index (χ3v) is 4.07. The zero-order valence-corrected chi connectivity index (χ0v) is 13.7. The summed E-state index contributed by atoms with van der Waals surface area (Å²) >= 11 is 3.38. The Kier molecular flexibility index (Phi) is 4.17. The molecule has 2 aromatic rings. The Balaban J connectivity index is 2.11. The van der Waals surface area contributed by atoms with E-state index in [-0.39, 0.29) is 11.7 Å². The highest BCUT2D eigenvalue weighted by atomic mass is 79.9. The Morgan fingerprint density at radius 1 is 1.22 bits per heavy atom. The van der Waals surface area contributed by atoms with Crippen molar-refractivity contribution in [3.05, 3.63) is 58.1 Å². The summed E-state index contributed by atoms with van der Waals surface area (Å²) in [4.78, 5) is 14.0. The molecule has 1 aliphatic heterocycles. The first-order valence-electron chi connectivity index (χ1n) is 6.81. The van der Waals surface area contributed by atoms with Gasteiger partial charge in [-0.2, -0.15) is 8.78 Å². The average molecular weight is 380 g/mol. The quantitative estimate of drug-likeness (QED) is 0.731. The molecule has 0 atom stereocenters. The number of ether oxygens (including phenoxy) is 1. The van der Waals surface area contributed by atoms with Gasteiger partial charge in [0, 0.05) is 28.2 Å². The van der Waals surface area contributed by atoms with E-state index in [1.807, 2.05) is 18.2 Å². The van der Waals surface area contributed by atoms with Crippen molar-refractivity contribution in [3.8, 4) is 5.75 Å². The van der Waals surface area contributed by atoms with Crippen LogP contribution < -0.4 is 9.64 Å². The summed E-state index contributed by atoms with van der Waals surface area (Å²) in [6.45, 7) is -2.92. The number of carbonyl (C=O) groups excluding carboxylic acids is 1. The Hall–Kier alpha value is -2.21. The van der Waals surface area contributed by atoms with Gasteiger partial charge in [-0.3, -0.25) is 4.79 Å². The van der Waals surface area contributed by atoms with Crippen molar-refractivity contribution >= 4 is 39.2 Å². The summed E-state index contributed by atoms with van der Waals surface area (Å²) in [6, 6.07) is 11.9. The lowest BCUT2D eigenvalue weighted by atomic mass is 10.0. The second-order valence-electron chi connectivity index (χ2n) is 5.00. The molecule has 0 N–H and O–H groups in total. The van der Waals surface area contributed by atoms with E-state index in [0.717, 1.165) is 15.7 Å². The van der Waals surface area contributed by atoms with Crippen LogP contribution >= 0.6 is 15.9 Å². The molecule has 0 aliphatic carbocycles. The summed E-state index contributed by atoms with van der Waals surface area (Å²) in [5.41, 5.74) is 2.39. The van der Waals surface area contributed by atoms with Gasteiger partial charge in [0.2, 0.25) is 0 Å². The molecule has 1 amide bonds. The van der Waals surface area contributed by atoms with E-state index in [2.05, 4.69) is 20.7 Å². The summed E-state index contributed by atoms with van der Waals surface area (Å²) in [5.74, 6) is -0.154. The third-order valence-electron chi connectivity index (χ3n) is 3.58. The smallest absolute Gasteiger partial charge is 0.387 e. The zero-order valence-electron chi connectivity index (χ0n) is 12.1. The van der Waals surface area contributed by atoms with Crippen LogP contribution in [0.3, 0.4) is 0 Å². The highest BCUT2D eigenvalue weighted by Gasteiger charge is 2.30. The number of hydrogen-bond donors (Lipinski definition) is 0. The second-order valence-corrected chi connectivity index (χ2v) is 5.92. The van der Waals surface area contributed by atoms with Crippen molar-refractivity contribution in [1.82, 2.24) is 0 Å². The van der Waals surface area contributed by atoms with Crippen molar-refractivity contribution in [2.75, 3.05) is 11.9 Å². The minimum atomic E-state index is -2.92. The summed E-state index contributed by atoms with van der Waals surface area (Å²) in [7, 11) is 1.68. The first kappa shape index (κ1) is 15.7. The van der Waals surface area contributed by atoms with E-state index < -0.39 is 6.61 Å². The number of fused-ring (bicyclic) bond motifs is 1.